The van der Waals surface area contributed by atoms with Crippen molar-refractivity contribution in [1.82, 2.24) is 24.5 Å². The smallest absolute Gasteiger partial charge is 0.241 e. The van der Waals surface area contributed by atoms with Gasteiger partial charge in [-0.2, -0.15) is 15.0 Å². The Hall–Kier alpha value is -2.22. The van der Waals surface area contributed by atoms with E-state index in [2.05, 4.69) is 25.3 Å². The van der Waals surface area contributed by atoms with Gasteiger partial charge in [0.2, 0.25) is 17.8 Å². The van der Waals surface area contributed by atoms with Crippen molar-refractivity contribution in [2.24, 2.45) is 0 Å². The fourth-order valence-electron chi connectivity index (χ4n) is 1.44. The maximum Gasteiger partial charge on any atom is 0.241 e. The van der Waals surface area contributed by atoms with E-state index in [1.807, 2.05) is 14.0 Å². The number of aliphatic hydroxyl groups is 1. The summed E-state index contributed by atoms with van der Waals surface area (Å²) in [5, 5.41) is 12.1. The molecule has 2 N–H and O–H groups in total. The van der Waals surface area contributed by atoms with Gasteiger partial charge in [0.05, 0.1) is 12.6 Å². The van der Waals surface area contributed by atoms with E-state index in [0.29, 0.717) is 17.8 Å². The Balaban J connectivity index is 2.42. The second kappa shape index (κ2) is 5.61. The maximum atomic E-state index is 9.20. The molecule has 0 fully saturated rings. The molecule has 1 atom stereocenters. The standard InChI is InChI=1S/C11H17N7O/c1-8(6-19)17(3)10-14-9(12-2)15-11(16-10)18-5-4-13-7-18/h4-5,7-8,19H,6H2,1-3H3,(H,12,14,15,16). The summed E-state index contributed by atoms with van der Waals surface area (Å²) in [6.45, 7) is 1.91. The van der Waals surface area contributed by atoms with Gasteiger partial charge < -0.3 is 15.3 Å². The Labute approximate surface area is 111 Å². The van der Waals surface area contributed by atoms with Gasteiger partial charge in [-0.1, -0.05) is 0 Å². The van der Waals surface area contributed by atoms with Crippen molar-refractivity contribution in [3.05, 3.63) is 18.7 Å². The number of aliphatic hydroxyl groups excluding tert-OH is 1. The van der Waals surface area contributed by atoms with E-state index in [4.69, 9.17) is 0 Å². The Kier molecular flexibility index (Phi) is 3.91. The summed E-state index contributed by atoms with van der Waals surface area (Å²) >= 11 is 0. The lowest BCUT2D eigenvalue weighted by molar-refractivity contribution is 0.269. The van der Waals surface area contributed by atoms with Crippen LogP contribution in [0.2, 0.25) is 0 Å². The van der Waals surface area contributed by atoms with E-state index in [0.717, 1.165) is 0 Å². The third-order valence-electron chi connectivity index (χ3n) is 2.81. The molecule has 8 nitrogen and oxygen atoms in total. The summed E-state index contributed by atoms with van der Waals surface area (Å²) in [5.74, 6) is 1.43. The van der Waals surface area contributed by atoms with E-state index >= 15 is 0 Å². The lowest BCUT2D eigenvalue weighted by Gasteiger charge is -2.23. The molecule has 0 saturated heterocycles. The molecule has 0 aliphatic heterocycles. The summed E-state index contributed by atoms with van der Waals surface area (Å²) < 4.78 is 1.70. The van der Waals surface area contributed by atoms with Crippen molar-refractivity contribution >= 4 is 11.9 Å². The third-order valence-corrected chi connectivity index (χ3v) is 2.81. The van der Waals surface area contributed by atoms with Crippen molar-refractivity contribution < 1.29 is 5.11 Å². The highest BCUT2D eigenvalue weighted by Gasteiger charge is 2.15. The van der Waals surface area contributed by atoms with Gasteiger partial charge in [0, 0.05) is 26.5 Å². The fraction of sp³-hybridized carbons (Fsp3) is 0.455. The molecular weight excluding hydrogens is 246 g/mol. The second-order valence-electron chi connectivity index (χ2n) is 4.12. The maximum absolute atomic E-state index is 9.20. The summed E-state index contributed by atoms with van der Waals surface area (Å²) in [4.78, 5) is 18.7. The molecule has 2 rings (SSSR count). The van der Waals surface area contributed by atoms with Crippen LogP contribution in [0.5, 0.6) is 0 Å². The van der Waals surface area contributed by atoms with Gasteiger partial charge in [0.25, 0.3) is 0 Å². The van der Waals surface area contributed by atoms with Crippen LogP contribution in [0.3, 0.4) is 0 Å². The Bertz CT molecular complexity index is 528. The minimum Gasteiger partial charge on any atom is -0.394 e. The summed E-state index contributed by atoms with van der Waals surface area (Å²) in [6, 6.07) is -0.0808. The van der Waals surface area contributed by atoms with Crippen LogP contribution in [-0.4, -0.2) is 56.4 Å². The molecule has 0 aromatic carbocycles. The fourth-order valence-corrected chi connectivity index (χ4v) is 1.44. The van der Waals surface area contributed by atoms with Gasteiger partial charge in [0.1, 0.15) is 6.33 Å². The number of nitrogens with zero attached hydrogens (tertiary/aromatic N) is 6. The highest BCUT2D eigenvalue weighted by Crippen LogP contribution is 2.13. The van der Waals surface area contributed by atoms with Crippen molar-refractivity contribution in [3.8, 4) is 5.95 Å². The van der Waals surface area contributed by atoms with E-state index in [1.54, 1.807) is 35.2 Å². The number of likely N-dealkylation sites (N-methyl/N-ethyl adjacent to an activating group) is 1. The van der Waals surface area contributed by atoms with Gasteiger partial charge in [-0.15, -0.1) is 0 Å². The second-order valence-corrected chi connectivity index (χ2v) is 4.12. The quantitative estimate of drug-likeness (QED) is 0.779. The Morgan fingerprint density at radius 1 is 1.42 bits per heavy atom. The van der Waals surface area contributed by atoms with Gasteiger partial charge in [-0.25, -0.2) is 4.98 Å². The van der Waals surface area contributed by atoms with Crippen LogP contribution in [0.15, 0.2) is 18.7 Å². The Morgan fingerprint density at radius 2 is 2.21 bits per heavy atom. The number of anilines is 2. The first-order valence-electron chi connectivity index (χ1n) is 5.91. The van der Waals surface area contributed by atoms with Crippen LogP contribution in [0.1, 0.15) is 6.92 Å². The molecule has 0 aliphatic carbocycles. The first kappa shape index (κ1) is 13.2. The van der Waals surface area contributed by atoms with Crippen LogP contribution in [0.4, 0.5) is 11.9 Å². The van der Waals surface area contributed by atoms with Crippen molar-refractivity contribution in [2.45, 2.75) is 13.0 Å². The SMILES string of the molecule is CNc1nc(N(C)C(C)CO)nc(-n2ccnc2)n1. The van der Waals surface area contributed by atoms with Crippen LogP contribution in [0, 0.1) is 0 Å². The number of rotatable bonds is 5. The van der Waals surface area contributed by atoms with Crippen LogP contribution in [-0.2, 0) is 0 Å². The van der Waals surface area contributed by atoms with Gasteiger partial charge in [0.15, 0.2) is 0 Å². The lowest BCUT2D eigenvalue weighted by atomic mass is 10.3. The summed E-state index contributed by atoms with van der Waals surface area (Å²) in [7, 11) is 3.57. The first-order valence-corrected chi connectivity index (χ1v) is 5.91. The molecule has 0 radical (unpaired) electrons. The molecule has 102 valence electrons. The molecule has 8 heteroatoms. The highest BCUT2D eigenvalue weighted by molar-refractivity contribution is 5.40. The number of nitrogens with one attached hydrogen (secondary N) is 1. The number of imidazole rings is 1. The zero-order valence-electron chi connectivity index (χ0n) is 11.1. The topological polar surface area (TPSA) is 92.0 Å². The van der Waals surface area contributed by atoms with E-state index in [9.17, 15) is 5.11 Å². The zero-order valence-corrected chi connectivity index (χ0v) is 11.1. The van der Waals surface area contributed by atoms with Gasteiger partial charge >= 0.3 is 0 Å². The predicted octanol–water partition coefficient (Wildman–Crippen LogP) is -0.0840. The lowest BCUT2D eigenvalue weighted by Crippen LogP contribution is -2.33. The molecule has 2 heterocycles. The van der Waals surface area contributed by atoms with Crippen molar-refractivity contribution in [1.29, 1.82) is 0 Å². The summed E-state index contributed by atoms with van der Waals surface area (Å²) in [6.07, 6.45) is 5.03. The van der Waals surface area contributed by atoms with Crippen LogP contribution < -0.4 is 10.2 Å². The average Bonchev–Trinajstić information content (AvgIpc) is 2.99. The number of aromatic nitrogens is 5. The third kappa shape index (κ3) is 2.79. The summed E-state index contributed by atoms with van der Waals surface area (Å²) in [5.41, 5.74) is 0. The molecule has 0 saturated carbocycles. The highest BCUT2D eigenvalue weighted by atomic mass is 16.3. The molecule has 2 aromatic heterocycles. The molecule has 0 bridgehead atoms. The van der Waals surface area contributed by atoms with Crippen molar-refractivity contribution in [3.63, 3.8) is 0 Å². The molecule has 19 heavy (non-hydrogen) atoms. The Morgan fingerprint density at radius 3 is 2.79 bits per heavy atom. The molecule has 0 spiro atoms. The average molecular weight is 263 g/mol. The molecule has 1 unspecified atom stereocenters. The molecule has 2 aromatic rings. The minimum atomic E-state index is -0.0808. The minimum absolute atomic E-state index is 0.0253. The zero-order chi connectivity index (χ0) is 13.8. The van der Waals surface area contributed by atoms with Gasteiger partial charge in [-0.3, -0.25) is 4.57 Å². The van der Waals surface area contributed by atoms with E-state index in [1.165, 1.54) is 0 Å². The van der Waals surface area contributed by atoms with E-state index in [-0.39, 0.29) is 12.6 Å². The van der Waals surface area contributed by atoms with Crippen LogP contribution >= 0.6 is 0 Å². The normalized spacial score (nSPS) is 12.2. The molecular formula is C11H17N7O. The number of hydrogen-bond acceptors (Lipinski definition) is 7. The predicted molar refractivity (Wildman–Crippen MR) is 71.4 cm³/mol. The van der Waals surface area contributed by atoms with Crippen LogP contribution in [0.25, 0.3) is 5.95 Å². The molecule has 0 aliphatic rings. The first-order chi connectivity index (χ1) is 9.15. The monoisotopic (exact) mass is 263 g/mol. The van der Waals surface area contributed by atoms with E-state index < -0.39 is 0 Å². The largest absolute Gasteiger partial charge is 0.394 e. The number of hydrogen-bond donors (Lipinski definition) is 2. The van der Waals surface area contributed by atoms with Crippen molar-refractivity contribution in [2.75, 3.05) is 30.9 Å². The van der Waals surface area contributed by atoms with Gasteiger partial charge in [-0.05, 0) is 6.92 Å². The molecule has 0 amide bonds.